The molecule has 13 fully saturated rings. The smallest absolute Gasteiger partial charge is 0.0120 e. The monoisotopic (exact) mass is 1840 g/mol. The molecule has 0 aliphatic heterocycles. The molecule has 13 aliphatic rings. The predicted molar refractivity (Wildman–Crippen MR) is 599 cm³/mol. The summed E-state index contributed by atoms with van der Waals surface area (Å²) in [6, 6.07) is 17.8. The Kier molecular flexibility index (Phi) is 42.4. The van der Waals surface area contributed by atoms with E-state index in [9.17, 15) is 0 Å². The van der Waals surface area contributed by atoms with Gasteiger partial charge in [-0.2, -0.15) is 0 Å². The Balaban J connectivity index is 0.000000167. The minimum atomic E-state index is 0.940. The van der Waals surface area contributed by atoms with Gasteiger partial charge in [0.2, 0.25) is 0 Å². The molecule has 13 saturated carbocycles. The van der Waals surface area contributed by atoms with Crippen LogP contribution in [0.2, 0.25) is 0 Å². The van der Waals surface area contributed by atoms with Crippen molar-refractivity contribution in [2.75, 3.05) is 0 Å². The van der Waals surface area contributed by atoms with Crippen molar-refractivity contribution in [1.29, 1.82) is 0 Å². The summed E-state index contributed by atoms with van der Waals surface area (Å²) in [7, 11) is 0. The fourth-order valence-corrected chi connectivity index (χ4v) is 35.2. The standard InChI is InChI=1S/C15H18.C15H28.C14H26.C14H16.2C14H26.2C13H24.C11H16.C11H22/c1-9-6-7-14-8-10(2)11(3)13(5)15(14)12(9)4;1-6-12-8-14-13(7-2)9(3)10(4)15(14)11(12)5;1-8-6-13-7-9(2)11(4)14(13)12(5)10(8)3;1-9-5-7-13-8-6-10(2)12(4)14(13)11(9)3;1-6-12-10(4)11(5)14-9(3)8(2)7-13(12)14;1-5-12-6-7-13-10(3)9(2)8-14(13)11(12)4;1-8-5-6-12-7-9(2)11(4)13(12)10(8)3;1-4-11-5-6-12-7-9(2)8-13(12)10(11)3;1-7-6-8(2)10(4)11(5)9(7)3;1-6-11-9(4)7(2)8(3)10(11)5/h6-8H,1-5H3;9-15H,6-8H2,1-5H3;8-14H,6-7H2,1-5H3;5-8H,1-4H3;8-14H,6-7H2,1-5H3;9-14H,5-8H2,1-4H3;8-13H,5-7H2,1-4H3;9-13H,4-8H2,1-3H3;6H,1-5H3;7-11H,6H2,1-5H3. The molecule has 0 N–H and O–H groups in total. The second-order valence-electron chi connectivity index (χ2n) is 52.7. The van der Waals surface area contributed by atoms with Crippen LogP contribution in [0.15, 0.2) is 48.5 Å². The molecule has 5 aromatic carbocycles. The second-order valence-corrected chi connectivity index (χ2v) is 52.7. The van der Waals surface area contributed by atoms with Crippen molar-refractivity contribution < 1.29 is 0 Å². The molecule has 5 aromatic rings. The zero-order chi connectivity index (χ0) is 100. The first kappa shape index (κ1) is 114. The summed E-state index contributed by atoms with van der Waals surface area (Å²) < 4.78 is 0. The molecule has 0 saturated heterocycles. The maximum absolute atomic E-state index is 2.53. The van der Waals surface area contributed by atoms with Crippen LogP contribution in [0.3, 0.4) is 0 Å². The van der Waals surface area contributed by atoms with Crippen LogP contribution in [-0.2, 0) is 0 Å². The second kappa shape index (κ2) is 49.7. The van der Waals surface area contributed by atoms with Gasteiger partial charge in [0.05, 0.1) is 0 Å². The molecule has 0 radical (unpaired) electrons. The molecule has 18 rings (SSSR count). The van der Waals surface area contributed by atoms with E-state index in [-0.39, 0.29) is 0 Å². The van der Waals surface area contributed by atoms with Gasteiger partial charge < -0.3 is 0 Å². The maximum atomic E-state index is 2.53. The summed E-state index contributed by atoms with van der Waals surface area (Å²) in [6.07, 6.45) is 29.7. The Bertz CT molecular complexity index is 4320. The molecule has 0 aromatic heterocycles. The zero-order valence-corrected chi connectivity index (χ0v) is 97.6. The summed E-state index contributed by atoms with van der Waals surface area (Å²) in [5, 5.41) is 5.61. The van der Waals surface area contributed by atoms with E-state index < -0.39 is 0 Å². The largest absolute Gasteiger partial charge is 0.0651 e. The van der Waals surface area contributed by atoms with Gasteiger partial charge >= 0.3 is 0 Å². The highest BCUT2D eigenvalue weighted by atomic mass is 14.6. The number of fused-ring (bicyclic) bond motifs is 8. The Labute approximate surface area is 836 Å². The van der Waals surface area contributed by atoms with Crippen LogP contribution in [0.1, 0.15) is 421 Å². The first-order valence-electron chi connectivity index (χ1n) is 58.9. The lowest BCUT2D eigenvalue weighted by Gasteiger charge is -2.42. The molecule has 0 amide bonds. The van der Waals surface area contributed by atoms with Crippen molar-refractivity contribution >= 4 is 21.5 Å². The first-order chi connectivity index (χ1) is 62.9. The highest BCUT2D eigenvalue weighted by Gasteiger charge is 2.56. The lowest BCUT2D eigenvalue weighted by atomic mass is 9.63. The lowest BCUT2D eigenvalue weighted by molar-refractivity contribution is 0.0632. The van der Waals surface area contributed by atoms with Crippen LogP contribution in [0.25, 0.3) is 21.5 Å². The van der Waals surface area contributed by atoms with Gasteiger partial charge in [0.25, 0.3) is 0 Å². The molecule has 0 bridgehead atoms. The summed E-state index contributed by atoms with van der Waals surface area (Å²) in [5.41, 5.74) is 19.8. The minimum absolute atomic E-state index is 0.940. The highest BCUT2D eigenvalue weighted by molar-refractivity contribution is 5.91. The number of hydrogen-bond donors (Lipinski definition) is 0. The summed E-state index contributed by atoms with van der Waals surface area (Å²) in [5.74, 6) is 43.4. The van der Waals surface area contributed by atoms with Crippen molar-refractivity contribution in [3.63, 3.8) is 0 Å². The average molecular weight is 1840 g/mol. The fourth-order valence-electron chi connectivity index (χ4n) is 35.2. The van der Waals surface area contributed by atoms with Gasteiger partial charge in [0.1, 0.15) is 0 Å². The van der Waals surface area contributed by atoms with Crippen LogP contribution in [0.5, 0.6) is 0 Å². The van der Waals surface area contributed by atoms with Gasteiger partial charge in [-0.25, -0.2) is 0 Å². The van der Waals surface area contributed by atoms with Crippen LogP contribution < -0.4 is 0 Å². The lowest BCUT2D eigenvalue weighted by Crippen LogP contribution is -2.36. The van der Waals surface area contributed by atoms with E-state index in [4.69, 9.17) is 0 Å². The Hall–Kier alpha value is -3.38. The predicted octanol–water partition coefficient (Wildman–Crippen LogP) is 40.7. The number of hydrogen-bond acceptors (Lipinski definition) is 0. The molecule has 0 spiro atoms. The Morgan fingerprint density at radius 1 is 0.194 bits per heavy atom. The van der Waals surface area contributed by atoms with Crippen LogP contribution in [0, 0.1) is 351 Å². The van der Waals surface area contributed by atoms with Crippen molar-refractivity contribution in [3.05, 3.63) is 126 Å². The maximum Gasteiger partial charge on any atom is -0.0120 e. The Morgan fingerprint density at radius 2 is 0.552 bits per heavy atom. The van der Waals surface area contributed by atoms with Crippen molar-refractivity contribution in [2.45, 2.75) is 440 Å². The van der Waals surface area contributed by atoms with Crippen LogP contribution in [-0.4, -0.2) is 0 Å². The molecule has 42 atom stereocenters. The van der Waals surface area contributed by atoms with Gasteiger partial charge in [0, 0.05) is 0 Å². The van der Waals surface area contributed by atoms with E-state index in [1.165, 1.54) is 228 Å². The molecular weight excluding hydrogens is 1610 g/mol. The van der Waals surface area contributed by atoms with Gasteiger partial charge in [0.15, 0.2) is 0 Å². The topological polar surface area (TPSA) is 0 Å². The van der Waals surface area contributed by atoms with Crippen LogP contribution >= 0.6 is 0 Å². The van der Waals surface area contributed by atoms with Gasteiger partial charge in [-0.15, -0.1) is 0 Å². The van der Waals surface area contributed by atoms with E-state index in [0.29, 0.717) is 0 Å². The zero-order valence-electron chi connectivity index (χ0n) is 97.6. The minimum Gasteiger partial charge on any atom is -0.0651 e. The van der Waals surface area contributed by atoms with Gasteiger partial charge in [-0.05, 0) is 534 Å². The van der Waals surface area contributed by atoms with E-state index in [1.54, 1.807) is 0 Å². The normalized spacial score (nSPS) is 41.6. The third-order valence-corrected chi connectivity index (χ3v) is 47.2. The molecule has 0 nitrogen and oxygen atoms in total. The fraction of sp³-hybridized carbons (Fsp3) is 0.806. The Morgan fingerprint density at radius 3 is 1.03 bits per heavy atom. The van der Waals surface area contributed by atoms with Crippen LogP contribution in [0.4, 0.5) is 0 Å². The highest BCUT2D eigenvalue weighted by Crippen LogP contribution is 2.63. The SMILES string of the molecule is CC1CC2CC(C)C(C)C2C(C)C1C.CC1CCC2CC(C)C(C)C2C1C.CCC1C(C)C(C)C(C)C1C.CCC1C(C)C(C)C2C(C)C(C)CC12.CCC1CC2C(CC)C(C)C(C)C2C1C.CCC1CCC2C(C)C(C)CC2C1C.CCC1CCC2CC(C)CC2C1C.Cc1cc(C)c(C)c(C)c1C.Cc1cc2ccc(C)c(C)c2c(C)c1C.Cc1ccc2ccc(C)c(C)c2c1C. The quantitative estimate of drug-likeness (QED) is 0.159. The summed E-state index contributed by atoms with van der Waals surface area (Å²) >= 11 is 0. The van der Waals surface area contributed by atoms with E-state index >= 15 is 0 Å². The van der Waals surface area contributed by atoms with Crippen molar-refractivity contribution in [1.82, 2.24) is 0 Å². The summed E-state index contributed by atoms with van der Waals surface area (Å²) in [4.78, 5) is 0. The summed E-state index contributed by atoms with van der Waals surface area (Å²) in [6.45, 7) is 107. The molecule has 13 aliphatic carbocycles. The molecular formula is C134H226. The van der Waals surface area contributed by atoms with Crippen molar-refractivity contribution in [2.24, 2.45) is 254 Å². The van der Waals surface area contributed by atoms with Gasteiger partial charge in [-0.1, -0.05) is 308 Å². The average Bonchev–Trinajstić information content (AvgIpc) is 1.43. The molecule has 0 heteroatoms. The van der Waals surface area contributed by atoms with E-state index in [2.05, 4.69) is 360 Å². The van der Waals surface area contributed by atoms with E-state index in [0.717, 1.165) is 254 Å². The van der Waals surface area contributed by atoms with E-state index in [1.807, 2.05) is 0 Å². The molecule has 42 unspecified atom stereocenters. The third kappa shape index (κ3) is 24.8. The first-order valence-corrected chi connectivity index (χ1v) is 58.9. The number of rotatable bonds is 6. The van der Waals surface area contributed by atoms with Crippen molar-refractivity contribution in [3.8, 4) is 0 Å². The third-order valence-electron chi connectivity index (χ3n) is 47.2. The number of aryl methyl sites for hydroxylation is 10. The molecule has 134 heavy (non-hydrogen) atoms. The number of benzene rings is 5. The molecule has 0 heterocycles. The molecule has 762 valence electrons. The van der Waals surface area contributed by atoms with Gasteiger partial charge in [-0.3, -0.25) is 0 Å².